The number of hydrogen-bond acceptors (Lipinski definition) is 5. The zero-order valence-corrected chi connectivity index (χ0v) is 11.3. The number of aryl methyl sites for hydroxylation is 1. The zero-order chi connectivity index (χ0) is 14.1. The highest BCUT2D eigenvalue weighted by Gasteiger charge is 2.14. The Morgan fingerprint density at radius 1 is 1.30 bits per heavy atom. The molecule has 1 aromatic carbocycles. The van der Waals surface area contributed by atoms with Crippen LogP contribution in [0.1, 0.15) is 10.6 Å². The first-order chi connectivity index (χ1) is 9.65. The number of hydrogen-bond donors (Lipinski definition) is 1. The van der Waals surface area contributed by atoms with Gasteiger partial charge in [0.25, 0.3) is 0 Å². The van der Waals surface area contributed by atoms with Crippen molar-refractivity contribution in [2.45, 2.75) is 10.2 Å². The smallest absolute Gasteiger partial charge is 0.373 e. The molecule has 20 heavy (non-hydrogen) atoms. The number of carboxylic acids is 1. The molecule has 3 rings (SSSR count). The third-order valence-corrected chi connectivity index (χ3v) is 3.80. The van der Waals surface area contributed by atoms with E-state index in [1.165, 1.54) is 11.8 Å². The van der Waals surface area contributed by atoms with E-state index in [-0.39, 0.29) is 5.82 Å². The van der Waals surface area contributed by atoms with Crippen LogP contribution in [0, 0.1) is 0 Å². The number of benzene rings is 1. The van der Waals surface area contributed by atoms with Gasteiger partial charge in [-0.15, -0.1) is 0 Å². The monoisotopic (exact) mass is 286 g/mol. The number of rotatable bonds is 3. The predicted octanol–water partition coefficient (Wildman–Crippen LogP) is 2.21. The summed E-state index contributed by atoms with van der Waals surface area (Å²) >= 11 is 1.32. The lowest BCUT2D eigenvalue weighted by molar-refractivity contribution is 0.0683. The van der Waals surface area contributed by atoms with Crippen LogP contribution in [0.4, 0.5) is 0 Å². The summed E-state index contributed by atoms with van der Waals surface area (Å²) in [5.74, 6) is -1.35. The number of fused-ring (bicyclic) bond motifs is 1. The van der Waals surface area contributed by atoms with Crippen LogP contribution in [0.25, 0.3) is 10.9 Å². The lowest BCUT2D eigenvalue weighted by Crippen LogP contribution is -2.05. The lowest BCUT2D eigenvalue weighted by Gasteiger charge is -2.06. The van der Waals surface area contributed by atoms with E-state index in [1.807, 2.05) is 36.0 Å². The van der Waals surface area contributed by atoms with Crippen LogP contribution in [0.3, 0.4) is 0 Å². The number of carboxylic acid groups (broad SMARTS) is 1. The second-order valence-electron chi connectivity index (χ2n) is 4.10. The van der Waals surface area contributed by atoms with Gasteiger partial charge in [-0.05, 0) is 17.8 Å². The number of aromatic carboxylic acids is 1. The maximum absolute atomic E-state index is 11.1. The van der Waals surface area contributed by atoms with Crippen LogP contribution in [-0.4, -0.2) is 30.6 Å². The summed E-state index contributed by atoms with van der Waals surface area (Å²) in [7, 11) is 1.87. The van der Waals surface area contributed by atoms with E-state index in [0.29, 0.717) is 10.5 Å². The van der Waals surface area contributed by atoms with E-state index in [2.05, 4.69) is 15.0 Å². The van der Waals surface area contributed by atoms with Crippen molar-refractivity contribution >= 4 is 28.6 Å². The highest BCUT2D eigenvalue weighted by atomic mass is 32.2. The van der Waals surface area contributed by atoms with Crippen molar-refractivity contribution in [3.05, 3.63) is 42.5 Å². The normalized spacial score (nSPS) is 10.8. The molecular weight excluding hydrogens is 276 g/mol. The molecule has 0 aliphatic heterocycles. The van der Waals surface area contributed by atoms with Crippen LogP contribution in [0.15, 0.2) is 46.8 Å². The number of aromatic nitrogens is 4. The van der Waals surface area contributed by atoms with E-state index < -0.39 is 5.97 Å². The Morgan fingerprint density at radius 3 is 2.80 bits per heavy atom. The molecule has 0 saturated heterocycles. The molecule has 0 bridgehead atoms. The van der Waals surface area contributed by atoms with Gasteiger partial charge < -0.3 is 9.67 Å². The molecule has 6 nitrogen and oxygen atoms in total. The molecule has 3 aromatic rings. The minimum atomic E-state index is -1.14. The van der Waals surface area contributed by atoms with Crippen molar-refractivity contribution in [1.82, 2.24) is 19.5 Å². The molecule has 0 unspecified atom stereocenters. The summed E-state index contributed by atoms with van der Waals surface area (Å²) < 4.78 is 1.85. The average molecular weight is 286 g/mol. The van der Waals surface area contributed by atoms with Crippen LogP contribution in [-0.2, 0) is 7.05 Å². The van der Waals surface area contributed by atoms with Gasteiger partial charge in [-0.2, -0.15) is 0 Å². The first kappa shape index (κ1) is 12.6. The quantitative estimate of drug-likeness (QED) is 0.743. The van der Waals surface area contributed by atoms with Gasteiger partial charge in [0.2, 0.25) is 5.82 Å². The van der Waals surface area contributed by atoms with Gasteiger partial charge in [0.05, 0.1) is 5.52 Å². The molecule has 0 aliphatic carbocycles. The minimum absolute atomic E-state index is 0.208. The van der Waals surface area contributed by atoms with Crippen LogP contribution >= 0.6 is 11.8 Å². The van der Waals surface area contributed by atoms with Crippen molar-refractivity contribution in [3.8, 4) is 0 Å². The standard InChI is InChI=1S/C13H10N4O2S/c1-17-7-6-14-13(17)20-11-8-4-2-3-5-9(8)15-10(16-11)12(18)19/h2-7H,1H3,(H,18,19). The molecule has 0 saturated carbocycles. The minimum Gasteiger partial charge on any atom is -0.475 e. The Hall–Kier alpha value is -2.41. The number of imidazole rings is 1. The Morgan fingerprint density at radius 2 is 2.10 bits per heavy atom. The van der Waals surface area contributed by atoms with Gasteiger partial charge in [0.15, 0.2) is 5.16 Å². The van der Waals surface area contributed by atoms with E-state index >= 15 is 0 Å². The fourth-order valence-electron chi connectivity index (χ4n) is 1.76. The molecule has 2 heterocycles. The summed E-state index contributed by atoms with van der Waals surface area (Å²) in [4.78, 5) is 23.5. The summed E-state index contributed by atoms with van der Waals surface area (Å²) in [6.45, 7) is 0. The molecule has 0 spiro atoms. The van der Waals surface area contributed by atoms with Gasteiger partial charge in [-0.3, -0.25) is 0 Å². The van der Waals surface area contributed by atoms with Crippen LogP contribution < -0.4 is 0 Å². The van der Waals surface area contributed by atoms with Gasteiger partial charge >= 0.3 is 5.97 Å². The molecule has 0 aliphatic rings. The van der Waals surface area contributed by atoms with Crippen molar-refractivity contribution < 1.29 is 9.90 Å². The van der Waals surface area contributed by atoms with E-state index in [4.69, 9.17) is 5.11 Å². The van der Waals surface area contributed by atoms with Gasteiger partial charge in [-0.1, -0.05) is 18.2 Å². The topological polar surface area (TPSA) is 80.9 Å². The highest BCUT2D eigenvalue weighted by Crippen LogP contribution is 2.30. The number of nitrogens with zero attached hydrogens (tertiary/aromatic N) is 4. The first-order valence-corrected chi connectivity index (χ1v) is 6.62. The molecule has 100 valence electrons. The van der Waals surface area contributed by atoms with Gasteiger partial charge in [-0.25, -0.2) is 19.7 Å². The third kappa shape index (κ3) is 2.23. The average Bonchev–Trinajstić information content (AvgIpc) is 2.84. The predicted molar refractivity (Wildman–Crippen MR) is 73.8 cm³/mol. The largest absolute Gasteiger partial charge is 0.475 e. The van der Waals surface area contributed by atoms with Gasteiger partial charge in [0, 0.05) is 24.8 Å². The molecule has 2 aromatic heterocycles. The molecule has 0 atom stereocenters. The molecule has 0 radical (unpaired) electrons. The number of para-hydroxylation sites is 1. The van der Waals surface area contributed by atoms with Crippen molar-refractivity contribution in [2.24, 2.45) is 7.05 Å². The van der Waals surface area contributed by atoms with E-state index in [1.54, 1.807) is 12.3 Å². The second kappa shape index (κ2) is 4.93. The summed E-state index contributed by atoms with van der Waals surface area (Å²) in [6, 6.07) is 7.32. The second-order valence-corrected chi connectivity index (χ2v) is 5.05. The third-order valence-electron chi connectivity index (χ3n) is 2.72. The van der Waals surface area contributed by atoms with E-state index in [0.717, 1.165) is 10.5 Å². The maximum atomic E-state index is 11.1. The zero-order valence-electron chi connectivity index (χ0n) is 10.5. The Kier molecular flexibility index (Phi) is 3.11. The molecule has 0 fully saturated rings. The summed E-state index contributed by atoms with van der Waals surface area (Å²) in [6.07, 6.45) is 3.51. The van der Waals surface area contributed by atoms with Crippen LogP contribution in [0.5, 0.6) is 0 Å². The Bertz CT molecular complexity index is 800. The Balaban J connectivity index is 2.17. The molecular formula is C13H10N4O2S. The number of carbonyl (C=O) groups is 1. The fraction of sp³-hybridized carbons (Fsp3) is 0.0769. The van der Waals surface area contributed by atoms with Gasteiger partial charge in [0.1, 0.15) is 5.03 Å². The Labute approximate surface area is 118 Å². The highest BCUT2D eigenvalue weighted by molar-refractivity contribution is 7.99. The van der Waals surface area contributed by atoms with Crippen molar-refractivity contribution in [3.63, 3.8) is 0 Å². The molecule has 0 amide bonds. The van der Waals surface area contributed by atoms with Crippen molar-refractivity contribution in [1.29, 1.82) is 0 Å². The first-order valence-electron chi connectivity index (χ1n) is 5.80. The molecule has 1 N–H and O–H groups in total. The van der Waals surface area contributed by atoms with Crippen molar-refractivity contribution in [2.75, 3.05) is 0 Å². The summed E-state index contributed by atoms with van der Waals surface area (Å²) in [5, 5.41) is 11.2. The van der Waals surface area contributed by atoms with E-state index in [9.17, 15) is 4.79 Å². The molecule has 7 heteroatoms. The van der Waals surface area contributed by atoms with Crippen LogP contribution in [0.2, 0.25) is 0 Å². The fourth-order valence-corrected chi connectivity index (χ4v) is 2.66. The summed E-state index contributed by atoms with van der Waals surface area (Å²) in [5.41, 5.74) is 0.608. The SMILES string of the molecule is Cn1ccnc1Sc1nc(C(=O)O)nc2ccccc12. The lowest BCUT2D eigenvalue weighted by atomic mass is 10.2. The maximum Gasteiger partial charge on any atom is 0.373 e.